The number of amides is 1. The van der Waals surface area contributed by atoms with Gasteiger partial charge in [0.1, 0.15) is 6.04 Å². The maximum atomic E-state index is 12.0. The molecule has 1 amide bonds. The molecule has 4 rings (SSSR count). The number of carbonyl (C=O) groups excluding carboxylic acids is 1. The lowest BCUT2D eigenvalue weighted by Gasteiger charge is -2.26. The van der Waals surface area contributed by atoms with Crippen molar-refractivity contribution >= 4 is 23.2 Å². The van der Waals surface area contributed by atoms with Crippen molar-refractivity contribution in [1.82, 2.24) is 19.7 Å². The Labute approximate surface area is 141 Å². The van der Waals surface area contributed by atoms with Crippen molar-refractivity contribution in [3.8, 4) is 11.4 Å². The molecule has 3 aromatic heterocycles. The number of nitrogens with zero attached hydrogens (tertiary/aromatic N) is 4. The van der Waals surface area contributed by atoms with Crippen molar-refractivity contribution in [3.63, 3.8) is 0 Å². The number of rotatable bonds is 3. The fraction of sp³-hybridized carbons (Fsp3) is 0.125. The Kier molecular flexibility index (Phi) is 3.39. The van der Waals surface area contributed by atoms with E-state index in [2.05, 4.69) is 20.4 Å². The molecule has 0 spiro atoms. The van der Waals surface area contributed by atoms with Crippen molar-refractivity contribution in [2.45, 2.75) is 13.0 Å². The molecule has 8 heteroatoms. The molecular formula is C16H14N6OS. The Morgan fingerprint density at radius 2 is 2.25 bits per heavy atom. The first-order valence-electron chi connectivity index (χ1n) is 7.33. The molecule has 0 bridgehead atoms. The lowest BCUT2D eigenvalue weighted by atomic mass is 10.0. The number of thiophene rings is 1. The predicted octanol–water partition coefficient (Wildman–Crippen LogP) is 2.18. The van der Waals surface area contributed by atoms with Crippen LogP contribution in [-0.4, -0.2) is 25.7 Å². The van der Waals surface area contributed by atoms with E-state index in [1.165, 1.54) is 0 Å². The molecule has 0 aromatic carbocycles. The number of hydrogen-bond donors (Lipinski definition) is 2. The average Bonchev–Trinajstić information content (AvgIpc) is 3.23. The summed E-state index contributed by atoms with van der Waals surface area (Å²) in [5, 5.41) is 9.68. The predicted molar refractivity (Wildman–Crippen MR) is 91.2 cm³/mol. The molecule has 0 unspecified atom stereocenters. The summed E-state index contributed by atoms with van der Waals surface area (Å²) in [5.74, 6) is 0.655. The maximum absolute atomic E-state index is 12.0. The Morgan fingerprint density at radius 1 is 1.38 bits per heavy atom. The van der Waals surface area contributed by atoms with Crippen molar-refractivity contribution in [2.24, 2.45) is 5.73 Å². The molecule has 1 aliphatic heterocycles. The van der Waals surface area contributed by atoms with E-state index in [0.717, 1.165) is 10.4 Å². The number of allylic oxidation sites excluding steroid dienone is 1. The van der Waals surface area contributed by atoms with Crippen LogP contribution in [0.5, 0.6) is 0 Å². The van der Waals surface area contributed by atoms with Crippen LogP contribution in [0.25, 0.3) is 11.4 Å². The zero-order valence-electron chi connectivity index (χ0n) is 12.8. The number of primary amides is 1. The van der Waals surface area contributed by atoms with Gasteiger partial charge in [0.2, 0.25) is 11.9 Å². The van der Waals surface area contributed by atoms with Gasteiger partial charge in [0, 0.05) is 28.5 Å². The number of fused-ring (bicyclic) bond motifs is 1. The molecule has 3 N–H and O–H groups in total. The fourth-order valence-corrected chi connectivity index (χ4v) is 3.62. The van der Waals surface area contributed by atoms with E-state index >= 15 is 0 Å². The van der Waals surface area contributed by atoms with E-state index in [0.29, 0.717) is 23.0 Å². The second-order valence-electron chi connectivity index (χ2n) is 5.39. The number of nitrogens with one attached hydrogen (secondary N) is 1. The second kappa shape index (κ2) is 5.57. The van der Waals surface area contributed by atoms with Crippen LogP contribution in [-0.2, 0) is 4.79 Å². The van der Waals surface area contributed by atoms with E-state index in [9.17, 15) is 4.79 Å². The summed E-state index contributed by atoms with van der Waals surface area (Å²) < 4.78 is 1.71. The second-order valence-corrected chi connectivity index (χ2v) is 6.37. The van der Waals surface area contributed by atoms with Crippen LogP contribution >= 0.6 is 11.3 Å². The minimum Gasteiger partial charge on any atom is -0.366 e. The minimum absolute atomic E-state index is 0.378. The molecule has 1 aliphatic rings. The third kappa shape index (κ3) is 2.28. The highest BCUT2D eigenvalue weighted by atomic mass is 32.1. The molecule has 0 saturated carbocycles. The summed E-state index contributed by atoms with van der Waals surface area (Å²) in [4.78, 5) is 21.6. The van der Waals surface area contributed by atoms with Gasteiger partial charge in [-0.3, -0.25) is 9.78 Å². The number of carbonyl (C=O) groups is 1. The first-order valence-corrected chi connectivity index (χ1v) is 8.21. The quantitative estimate of drug-likeness (QED) is 0.762. The molecule has 3 aromatic rings. The molecule has 0 radical (unpaired) electrons. The van der Waals surface area contributed by atoms with Crippen molar-refractivity contribution in [2.75, 3.05) is 5.32 Å². The molecule has 1 atom stereocenters. The van der Waals surface area contributed by atoms with Crippen LogP contribution in [0.3, 0.4) is 0 Å². The Hall–Kier alpha value is -3.00. The standard InChI is InChI=1S/C16H14N6OS/c1-9-12(14(17)23)13(11-5-3-7-24-11)22-16(19-9)20-15(21-22)10-4-2-6-18-8-10/h2-8,13H,1H3,(H2,17,23)(H,19,20,21)/t13-/m0/s1. The van der Waals surface area contributed by atoms with Gasteiger partial charge in [0.15, 0.2) is 5.82 Å². The highest BCUT2D eigenvalue weighted by Gasteiger charge is 2.33. The summed E-state index contributed by atoms with van der Waals surface area (Å²) >= 11 is 1.55. The smallest absolute Gasteiger partial charge is 0.248 e. The van der Waals surface area contributed by atoms with Gasteiger partial charge in [-0.25, -0.2) is 4.68 Å². The Balaban J connectivity index is 1.88. The number of pyridine rings is 1. The summed E-state index contributed by atoms with van der Waals surface area (Å²) in [6.07, 6.45) is 3.40. The minimum atomic E-state index is -0.470. The normalized spacial score (nSPS) is 16.6. The van der Waals surface area contributed by atoms with Gasteiger partial charge >= 0.3 is 0 Å². The molecule has 7 nitrogen and oxygen atoms in total. The molecule has 0 aliphatic carbocycles. The first kappa shape index (κ1) is 14.6. The van der Waals surface area contributed by atoms with Crippen LogP contribution in [0.1, 0.15) is 17.8 Å². The van der Waals surface area contributed by atoms with E-state index in [1.807, 2.05) is 36.6 Å². The monoisotopic (exact) mass is 338 g/mol. The van der Waals surface area contributed by atoms with E-state index in [1.54, 1.807) is 28.4 Å². The van der Waals surface area contributed by atoms with Gasteiger partial charge in [0.25, 0.3) is 0 Å². The molecular weight excluding hydrogens is 324 g/mol. The van der Waals surface area contributed by atoms with Crippen LogP contribution in [0.4, 0.5) is 5.95 Å². The zero-order valence-corrected chi connectivity index (χ0v) is 13.6. The molecule has 4 heterocycles. The number of aromatic nitrogens is 4. The first-order chi connectivity index (χ1) is 11.6. The topological polar surface area (TPSA) is 98.7 Å². The largest absolute Gasteiger partial charge is 0.366 e. The van der Waals surface area contributed by atoms with Crippen LogP contribution in [0.15, 0.2) is 53.3 Å². The Bertz CT molecular complexity index is 929. The van der Waals surface area contributed by atoms with Gasteiger partial charge < -0.3 is 11.1 Å². The highest BCUT2D eigenvalue weighted by Crippen LogP contribution is 2.37. The van der Waals surface area contributed by atoms with E-state index < -0.39 is 5.91 Å². The van der Waals surface area contributed by atoms with Crippen molar-refractivity contribution in [1.29, 1.82) is 0 Å². The summed E-state index contributed by atoms with van der Waals surface area (Å²) in [7, 11) is 0. The average molecular weight is 338 g/mol. The van der Waals surface area contributed by atoms with E-state index in [4.69, 9.17) is 5.73 Å². The summed E-state index contributed by atoms with van der Waals surface area (Å²) in [6.45, 7) is 1.82. The fourth-order valence-electron chi connectivity index (χ4n) is 2.80. The molecule has 0 saturated heterocycles. The SMILES string of the molecule is CC1=C(C(N)=O)[C@H](c2cccs2)n2nc(-c3cccnc3)nc2N1. The number of anilines is 1. The lowest BCUT2D eigenvalue weighted by molar-refractivity contribution is -0.115. The third-order valence-corrected chi connectivity index (χ3v) is 4.78. The van der Waals surface area contributed by atoms with E-state index in [-0.39, 0.29) is 6.04 Å². The van der Waals surface area contributed by atoms with Crippen molar-refractivity contribution in [3.05, 3.63) is 58.2 Å². The van der Waals surface area contributed by atoms with Gasteiger partial charge in [0.05, 0.1) is 5.57 Å². The van der Waals surface area contributed by atoms with Gasteiger partial charge in [-0.15, -0.1) is 16.4 Å². The summed E-state index contributed by atoms with van der Waals surface area (Å²) in [5.41, 5.74) is 7.62. The van der Waals surface area contributed by atoms with Crippen LogP contribution in [0.2, 0.25) is 0 Å². The highest BCUT2D eigenvalue weighted by molar-refractivity contribution is 7.10. The van der Waals surface area contributed by atoms with Crippen molar-refractivity contribution < 1.29 is 4.79 Å². The van der Waals surface area contributed by atoms with Gasteiger partial charge in [-0.05, 0) is 30.5 Å². The maximum Gasteiger partial charge on any atom is 0.248 e. The van der Waals surface area contributed by atoms with Crippen LogP contribution in [0, 0.1) is 0 Å². The number of nitrogens with two attached hydrogens (primary N) is 1. The third-order valence-electron chi connectivity index (χ3n) is 3.85. The molecule has 0 fully saturated rings. The Morgan fingerprint density at radius 3 is 2.92 bits per heavy atom. The van der Waals surface area contributed by atoms with Gasteiger partial charge in [-0.1, -0.05) is 6.07 Å². The van der Waals surface area contributed by atoms with Gasteiger partial charge in [-0.2, -0.15) is 4.98 Å². The number of hydrogen-bond acceptors (Lipinski definition) is 6. The zero-order chi connectivity index (χ0) is 16.7. The lowest BCUT2D eigenvalue weighted by Crippen LogP contribution is -2.31. The van der Waals surface area contributed by atoms with Crippen LogP contribution < -0.4 is 11.1 Å². The summed E-state index contributed by atoms with van der Waals surface area (Å²) in [6, 6.07) is 7.25. The molecule has 120 valence electrons. The molecule has 24 heavy (non-hydrogen) atoms.